The maximum atomic E-state index is 12.6. The summed E-state index contributed by atoms with van der Waals surface area (Å²) in [7, 11) is 0. The van der Waals surface area contributed by atoms with Crippen molar-refractivity contribution in [2.24, 2.45) is 0 Å². The van der Waals surface area contributed by atoms with Crippen molar-refractivity contribution in [1.29, 1.82) is 0 Å². The third-order valence-corrected chi connectivity index (χ3v) is 4.36. The Hall–Kier alpha value is -2.77. The van der Waals surface area contributed by atoms with E-state index in [0.29, 0.717) is 18.9 Å². The first-order valence-corrected chi connectivity index (χ1v) is 7.98. The highest BCUT2D eigenvalue weighted by Crippen LogP contribution is 2.29. The van der Waals surface area contributed by atoms with Crippen LogP contribution in [0.1, 0.15) is 5.56 Å². The van der Waals surface area contributed by atoms with Crippen molar-refractivity contribution in [3.05, 3.63) is 48.2 Å². The molecule has 1 fully saturated rings. The van der Waals surface area contributed by atoms with Crippen LogP contribution >= 0.6 is 0 Å². The number of aromatic nitrogens is 3. The van der Waals surface area contributed by atoms with Gasteiger partial charge in [-0.25, -0.2) is 9.97 Å². The fourth-order valence-corrected chi connectivity index (χ4v) is 2.98. The van der Waals surface area contributed by atoms with E-state index in [2.05, 4.69) is 19.9 Å². The van der Waals surface area contributed by atoms with Gasteiger partial charge in [0.05, 0.1) is 16.6 Å². The molecule has 2 aromatic heterocycles. The Morgan fingerprint density at radius 2 is 1.64 bits per heavy atom. The highest BCUT2D eigenvalue weighted by Gasteiger charge is 2.31. The van der Waals surface area contributed by atoms with E-state index in [0.717, 1.165) is 42.3 Å². The number of H-pyrrole nitrogens is 1. The number of piperazine rings is 1. The van der Waals surface area contributed by atoms with Crippen LogP contribution in [0, 0.1) is 0 Å². The second-order valence-electron chi connectivity index (χ2n) is 5.95. The van der Waals surface area contributed by atoms with Crippen LogP contribution in [0.5, 0.6) is 0 Å². The van der Waals surface area contributed by atoms with Gasteiger partial charge in [-0.3, -0.25) is 0 Å². The Bertz CT molecular complexity index is 831. The molecular weight excluding hydrogens is 331 g/mol. The van der Waals surface area contributed by atoms with Crippen molar-refractivity contribution in [2.45, 2.75) is 6.18 Å². The number of benzene rings is 1. The van der Waals surface area contributed by atoms with E-state index in [1.165, 1.54) is 6.07 Å². The van der Waals surface area contributed by atoms with Crippen molar-refractivity contribution in [1.82, 2.24) is 15.0 Å². The number of alkyl halides is 3. The molecule has 1 N–H and O–H groups in total. The lowest BCUT2D eigenvalue weighted by Crippen LogP contribution is -2.47. The van der Waals surface area contributed by atoms with E-state index in [-0.39, 0.29) is 0 Å². The number of hydrogen-bond acceptors (Lipinski definition) is 4. The standard InChI is InChI=1S/C17H16F3N5/c18-17(19,20)12-5-6-15(21-11-12)24-7-9-25(10-8-24)16-22-13-3-1-2-4-14(13)23-16/h1-6,11H,7-10H2,(H,22,23). The molecule has 3 heterocycles. The van der Waals surface area contributed by atoms with Crippen molar-refractivity contribution in [2.75, 3.05) is 36.0 Å². The van der Waals surface area contributed by atoms with Crippen molar-refractivity contribution in [3.63, 3.8) is 0 Å². The summed E-state index contributed by atoms with van der Waals surface area (Å²) >= 11 is 0. The van der Waals surface area contributed by atoms with Crippen LogP contribution in [0.4, 0.5) is 24.9 Å². The number of hydrogen-bond donors (Lipinski definition) is 1. The number of nitrogens with one attached hydrogen (secondary N) is 1. The molecule has 1 aliphatic heterocycles. The molecule has 130 valence electrons. The van der Waals surface area contributed by atoms with Gasteiger partial charge in [0.1, 0.15) is 5.82 Å². The predicted octanol–water partition coefficient (Wildman–Crippen LogP) is 3.30. The predicted molar refractivity (Wildman–Crippen MR) is 89.8 cm³/mol. The normalized spacial score (nSPS) is 15.8. The minimum atomic E-state index is -4.36. The molecule has 1 aromatic carbocycles. The number of anilines is 2. The Morgan fingerprint density at radius 1 is 0.920 bits per heavy atom. The fraction of sp³-hybridized carbons (Fsp3) is 0.294. The third kappa shape index (κ3) is 3.11. The van der Waals surface area contributed by atoms with E-state index in [1.807, 2.05) is 29.2 Å². The van der Waals surface area contributed by atoms with Gasteiger partial charge in [-0.05, 0) is 24.3 Å². The van der Waals surface area contributed by atoms with E-state index in [4.69, 9.17) is 0 Å². The summed E-state index contributed by atoms with van der Waals surface area (Å²) in [6.07, 6.45) is -3.47. The Morgan fingerprint density at radius 3 is 2.28 bits per heavy atom. The SMILES string of the molecule is FC(F)(F)c1ccc(N2CCN(c3nc4ccccc4[nH]3)CC2)nc1. The minimum Gasteiger partial charge on any atom is -0.353 e. The molecule has 0 unspecified atom stereocenters. The summed E-state index contributed by atoms with van der Waals surface area (Å²) in [6, 6.07) is 10.3. The molecule has 3 aromatic rings. The molecular formula is C17H16F3N5. The van der Waals surface area contributed by atoms with Crippen LogP contribution in [-0.4, -0.2) is 41.1 Å². The van der Waals surface area contributed by atoms with Gasteiger partial charge in [0, 0.05) is 32.4 Å². The lowest BCUT2D eigenvalue weighted by atomic mass is 10.2. The molecule has 0 saturated carbocycles. The summed E-state index contributed by atoms with van der Waals surface area (Å²) in [5, 5.41) is 0. The first-order valence-electron chi connectivity index (χ1n) is 7.98. The van der Waals surface area contributed by atoms with Crippen LogP contribution in [0.15, 0.2) is 42.6 Å². The molecule has 4 rings (SSSR count). The molecule has 8 heteroatoms. The molecule has 0 aliphatic carbocycles. The van der Waals surface area contributed by atoms with Crippen LogP contribution < -0.4 is 9.80 Å². The van der Waals surface area contributed by atoms with Gasteiger partial charge in [0.2, 0.25) is 5.95 Å². The molecule has 0 bridgehead atoms. The molecule has 5 nitrogen and oxygen atoms in total. The topological polar surface area (TPSA) is 48.0 Å². The molecule has 0 radical (unpaired) electrons. The van der Waals surface area contributed by atoms with Gasteiger partial charge in [0.25, 0.3) is 0 Å². The molecule has 0 atom stereocenters. The van der Waals surface area contributed by atoms with E-state index in [9.17, 15) is 13.2 Å². The van der Waals surface area contributed by atoms with E-state index in [1.54, 1.807) is 0 Å². The quantitative estimate of drug-likeness (QED) is 0.773. The Kier molecular flexibility index (Phi) is 3.74. The number of aromatic amines is 1. The third-order valence-electron chi connectivity index (χ3n) is 4.36. The van der Waals surface area contributed by atoms with E-state index >= 15 is 0 Å². The van der Waals surface area contributed by atoms with Crippen molar-refractivity contribution < 1.29 is 13.2 Å². The van der Waals surface area contributed by atoms with E-state index < -0.39 is 11.7 Å². The average molecular weight is 347 g/mol. The Balaban J connectivity index is 1.44. The smallest absolute Gasteiger partial charge is 0.353 e. The summed E-state index contributed by atoms with van der Waals surface area (Å²) in [5.41, 5.74) is 1.19. The number of nitrogens with zero attached hydrogens (tertiary/aromatic N) is 4. The first-order chi connectivity index (χ1) is 12.0. The zero-order valence-electron chi connectivity index (χ0n) is 13.3. The number of pyridine rings is 1. The van der Waals surface area contributed by atoms with Gasteiger partial charge < -0.3 is 14.8 Å². The van der Waals surface area contributed by atoms with Gasteiger partial charge in [-0.1, -0.05) is 12.1 Å². The van der Waals surface area contributed by atoms with Crippen LogP contribution in [-0.2, 0) is 6.18 Å². The molecule has 0 spiro atoms. The number of rotatable bonds is 2. The molecule has 0 amide bonds. The largest absolute Gasteiger partial charge is 0.417 e. The summed E-state index contributed by atoms with van der Waals surface area (Å²) in [5.74, 6) is 1.39. The van der Waals surface area contributed by atoms with Gasteiger partial charge in [-0.15, -0.1) is 0 Å². The number of halogens is 3. The molecule has 25 heavy (non-hydrogen) atoms. The van der Waals surface area contributed by atoms with Gasteiger partial charge in [-0.2, -0.15) is 13.2 Å². The lowest BCUT2D eigenvalue weighted by molar-refractivity contribution is -0.137. The first kappa shape index (κ1) is 15.7. The fourth-order valence-electron chi connectivity index (χ4n) is 2.98. The zero-order valence-corrected chi connectivity index (χ0v) is 13.3. The summed E-state index contributed by atoms with van der Waals surface area (Å²) in [4.78, 5) is 16.0. The molecule has 1 saturated heterocycles. The zero-order chi connectivity index (χ0) is 17.4. The van der Waals surface area contributed by atoms with Crippen LogP contribution in [0.3, 0.4) is 0 Å². The maximum Gasteiger partial charge on any atom is 0.417 e. The highest BCUT2D eigenvalue weighted by molar-refractivity contribution is 5.77. The van der Waals surface area contributed by atoms with Gasteiger partial charge in [0.15, 0.2) is 0 Å². The summed E-state index contributed by atoms with van der Waals surface area (Å²) in [6.45, 7) is 2.80. The second-order valence-corrected chi connectivity index (χ2v) is 5.95. The number of imidazole rings is 1. The molecule has 1 aliphatic rings. The number of para-hydroxylation sites is 2. The van der Waals surface area contributed by atoms with Crippen molar-refractivity contribution in [3.8, 4) is 0 Å². The summed E-state index contributed by atoms with van der Waals surface area (Å²) < 4.78 is 37.9. The maximum absolute atomic E-state index is 12.6. The number of fused-ring (bicyclic) bond motifs is 1. The minimum absolute atomic E-state index is 0.567. The van der Waals surface area contributed by atoms with Gasteiger partial charge >= 0.3 is 6.18 Å². The van der Waals surface area contributed by atoms with Crippen molar-refractivity contribution >= 4 is 22.8 Å². The highest BCUT2D eigenvalue weighted by atomic mass is 19.4. The van der Waals surface area contributed by atoms with Crippen LogP contribution in [0.2, 0.25) is 0 Å². The average Bonchev–Trinajstić information content (AvgIpc) is 3.05. The Labute approximate surface area is 142 Å². The van der Waals surface area contributed by atoms with Crippen LogP contribution in [0.25, 0.3) is 11.0 Å². The second kappa shape index (κ2) is 5.94. The monoisotopic (exact) mass is 347 g/mol. The lowest BCUT2D eigenvalue weighted by Gasteiger charge is -2.35.